The highest BCUT2D eigenvalue weighted by Gasteiger charge is 2.33. The molecule has 1 aromatic heterocycles. The maximum absolute atomic E-state index is 12.2. The number of hydrogen-bond acceptors (Lipinski definition) is 2. The lowest BCUT2D eigenvalue weighted by molar-refractivity contribution is 0.0596. The van der Waals surface area contributed by atoms with Gasteiger partial charge in [0.1, 0.15) is 5.69 Å². The normalized spacial score (nSPS) is 21.0. The number of nitrogens with two attached hydrogens (primary N) is 1. The molecule has 2 heterocycles. The summed E-state index contributed by atoms with van der Waals surface area (Å²) >= 11 is 3.43. The largest absolute Gasteiger partial charge is 0.339 e. The van der Waals surface area contributed by atoms with Crippen molar-refractivity contribution in [2.75, 3.05) is 13.1 Å². The summed E-state index contributed by atoms with van der Waals surface area (Å²) in [6.07, 6.45) is 4.37. The van der Waals surface area contributed by atoms with Gasteiger partial charge >= 0.3 is 0 Å². The van der Waals surface area contributed by atoms with Crippen LogP contribution in [-0.4, -0.2) is 34.5 Å². The van der Waals surface area contributed by atoms with Gasteiger partial charge in [0.25, 0.3) is 5.91 Å². The van der Waals surface area contributed by atoms with Crippen molar-refractivity contribution in [3.05, 3.63) is 22.4 Å². The quantitative estimate of drug-likeness (QED) is 0.891. The van der Waals surface area contributed by atoms with Crippen LogP contribution < -0.4 is 5.73 Å². The molecular formula is C11H14BrN3O. The molecule has 5 heteroatoms. The fourth-order valence-corrected chi connectivity index (χ4v) is 2.55. The van der Waals surface area contributed by atoms with E-state index in [1.807, 2.05) is 17.2 Å². The highest BCUT2D eigenvalue weighted by atomic mass is 79.9. The Hall–Kier alpha value is -0.810. The molecular weight excluding hydrogens is 270 g/mol. The summed E-state index contributed by atoms with van der Waals surface area (Å²) in [7, 11) is 0. The molecule has 0 radical (unpaired) electrons. The topological polar surface area (TPSA) is 51.3 Å². The van der Waals surface area contributed by atoms with Crippen LogP contribution in [-0.2, 0) is 0 Å². The molecule has 1 aliphatic carbocycles. The third kappa shape index (κ3) is 1.68. The lowest BCUT2D eigenvalue weighted by Crippen LogP contribution is -2.58. The fraction of sp³-hybridized carbons (Fsp3) is 0.545. The van der Waals surface area contributed by atoms with Crippen molar-refractivity contribution >= 4 is 21.8 Å². The maximum Gasteiger partial charge on any atom is 0.270 e. The van der Waals surface area contributed by atoms with E-state index in [1.165, 1.54) is 12.8 Å². The zero-order chi connectivity index (χ0) is 11.3. The molecule has 1 aromatic rings. The smallest absolute Gasteiger partial charge is 0.270 e. The van der Waals surface area contributed by atoms with Crippen molar-refractivity contribution in [3.8, 4) is 0 Å². The SMILES string of the molecule is NC1CN(C(=O)c2cc(Br)cn2C2CC2)C1. The summed E-state index contributed by atoms with van der Waals surface area (Å²) in [5.74, 6) is 0.110. The van der Waals surface area contributed by atoms with E-state index in [0.29, 0.717) is 19.1 Å². The van der Waals surface area contributed by atoms with Gasteiger partial charge in [0, 0.05) is 35.8 Å². The van der Waals surface area contributed by atoms with Crippen LogP contribution in [0.1, 0.15) is 29.4 Å². The summed E-state index contributed by atoms with van der Waals surface area (Å²) in [4.78, 5) is 14.0. The minimum Gasteiger partial charge on any atom is -0.339 e. The monoisotopic (exact) mass is 283 g/mol. The predicted octanol–water partition coefficient (Wildman–Crippen LogP) is 1.37. The molecule has 2 fully saturated rings. The molecule has 0 bridgehead atoms. The Labute approximate surface area is 103 Å². The standard InChI is InChI=1S/C11H14BrN3O/c12-7-3-10(15(4-7)9-1-2-9)11(16)14-5-8(13)6-14/h3-4,8-9H,1-2,5-6,13H2. The second-order valence-electron chi connectivity index (χ2n) is 4.65. The molecule has 0 spiro atoms. The predicted molar refractivity (Wildman–Crippen MR) is 64.3 cm³/mol. The van der Waals surface area contributed by atoms with Crippen molar-refractivity contribution in [2.45, 2.75) is 24.9 Å². The molecule has 4 nitrogen and oxygen atoms in total. The lowest BCUT2D eigenvalue weighted by Gasteiger charge is -2.36. The molecule has 86 valence electrons. The number of hydrogen-bond donors (Lipinski definition) is 1. The van der Waals surface area contributed by atoms with Crippen molar-refractivity contribution in [3.63, 3.8) is 0 Å². The minimum atomic E-state index is 0.110. The molecule has 1 saturated heterocycles. The number of aromatic nitrogens is 1. The molecule has 2 N–H and O–H groups in total. The van der Waals surface area contributed by atoms with E-state index in [4.69, 9.17) is 5.73 Å². The summed E-state index contributed by atoms with van der Waals surface area (Å²) in [6, 6.07) is 2.60. The maximum atomic E-state index is 12.2. The molecule has 3 rings (SSSR count). The summed E-state index contributed by atoms with van der Waals surface area (Å²) in [5, 5.41) is 0. The number of rotatable bonds is 2. The van der Waals surface area contributed by atoms with E-state index < -0.39 is 0 Å². The van der Waals surface area contributed by atoms with E-state index in [2.05, 4.69) is 20.5 Å². The van der Waals surface area contributed by atoms with Crippen LogP contribution in [0.25, 0.3) is 0 Å². The van der Waals surface area contributed by atoms with Gasteiger partial charge in [-0.2, -0.15) is 0 Å². The first-order valence-electron chi connectivity index (χ1n) is 5.57. The highest BCUT2D eigenvalue weighted by molar-refractivity contribution is 9.10. The molecule has 1 aliphatic heterocycles. The van der Waals surface area contributed by atoms with Gasteiger partial charge in [-0.25, -0.2) is 0 Å². The number of carbonyl (C=O) groups is 1. The zero-order valence-electron chi connectivity index (χ0n) is 8.90. The fourth-order valence-electron chi connectivity index (χ4n) is 2.11. The van der Waals surface area contributed by atoms with Gasteiger partial charge in [-0.15, -0.1) is 0 Å². The summed E-state index contributed by atoms with van der Waals surface area (Å²) in [5.41, 5.74) is 6.48. The third-order valence-corrected chi connectivity index (χ3v) is 3.61. The van der Waals surface area contributed by atoms with E-state index in [9.17, 15) is 4.79 Å². The minimum absolute atomic E-state index is 0.110. The van der Waals surface area contributed by atoms with Crippen LogP contribution in [0.4, 0.5) is 0 Å². The van der Waals surface area contributed by atoms with E-state index in [-0.39, 0.29) is 11.9 Å². The number of nitrogens with zero attached hydrogens (tertiary/aromatic N) is 2. The molecule has 1 saturated carbocycles. The van der Waals surface area contributed by atoms with Gasteiger partial charge in [-0.05, 0) is 34.8 Å². The zero-order valence-corrected chi connectivity index (χ0v) is 10.5. The van der Waals surface area contributed by atoms with Crippen LogP contribution in [0.2, 0.25) is 0 Å². The van der Waals surface area contributed by atoms with Crippen LogP contribution >= 0.6 is 15.9 Å². The average Bonchev–Trinajstić information content (AvgIpc) is 2.97. The molecule has 0 atom stereocenters. The first-order chi connectivity index (χ1) is 7.65. The second-order valence-corrected chi connectivity index (χ2v) is 5.57. The van der Waals surface area contributed by atoms with Gasteiger partial charge in [0.05, 0.1) is 0 Å². The van der Waals surface area contributed by atoms with Crippen molar-refractivity contribution in [1.82, 2.24) is 9.47 Å². The molecule has 16 heavy (non-hydrogen) atoms. The molecule has 2 aliphatic rings. The van der Waals surface area contributed by atoms with Crippen LogP contribution in [0.3, 0.4) is 0 Å². The Kier molecular flexibility index (Phi) is 2.33. The first kappa shape index (κ1) is 10.4. The number of carbonyl (C=O) groups excluding carboxylic acids is 1. The number of halogens is 1. The Balaban J connectivity index is 1.84. The van der Waals surface area contributed by atoms with Crippen molar-refractivity contribution in [1.29, 1.82) is 0 Å². The van der Waals surface area contributed by atoms with Crippen LogP contribution in [0.5, 0.6) is 0 Å². The Morgan fingerprint density at radius 1 is 1.44 bits per heavy atom. The van der Waals surface area contributed by atoms with Gasteiger partial charge in [0.15, 0.2) is 0 Å². The van der Waals surface area contributed by atoms with Gasteiger partial charge in [-0.1, -0.05) is 0 Å². The van der Waals surface area contributed by atoms with Crippen molar-refractivity contribution in [2.24, 2.45) is 5.73 Å². The second kappa shape index (κ2) is 3.60. The first-order valence-corrected chi connectivity index (χ1v) is 6.36. The Morgan fingerprint density at radius 2 is 2.12 bits per heavy atom. The molecule has 1 amide bonds. The van der Waals surface area contributed by atoms with E-state index in [0.717, 1.165) is 10.2 Å². The van der Waals surface area contributed by atoms with Crippen LogP contribution in [0.15, 0.2) is 16.7 Å². The highest BCUT2D eigenvalue weighted by Crippen LogP contribution is 2.37. The average molecular weight is 284 g/mol. The Morgan fingerprint density at radius 3 is 2.69 bits per heavy atom. The summed E-state index contributed by atoms with van der Waals surface area (Å²) < 4.78 is 3.07. The van der Waals surface area contributed by atoms with Crippen molar-refractivity contribution < 1.29 is 4.79 Å². The van der Waals surface area contributed by atoms with Crippen LogP contribution in [0, 0.1) is 0 Å². The Bertz CT molecular complexity index is 432. The van der Waals surface area contributed by atoms with Gasteiger partial charge in [-0.3, -0.25) is 4.79 Å². The third-order valence-electron chi connectivity index (χ3n) is 3.17. The van der Waals surface area contributed by atoms with E-state index >= 15 is 0 Å². The van der Waals surface area contributed by atoms with Gasteiger partial charge < -0.3 is 15.2 Å². The molecule has 0 aromatic carbocycles. The van der Waals surface area contributed by atoms with Gasteiger partial charge in [0.2, 0.25) is 0 Å². The lowest BCUT2D eigenvalue weighted by atomic mass is 10.1. The van der Waals surface area contributed by atoms with E-state index in [1.54, 1.807) is 0 Å². The summed E-state index contributed by atoms with van der Waals surface area (Å²) in [6.45, 7) is 1.37. The molecule has 0 unspecified atom stereocenters. The number of likely N-dealkylation sites (tertiary alicyclic amines) is 1. The number of amides is 1.